The quantitative estimate of drug-likeness (QED) is 0.702. The van der Waals surface area contributed by atoms with Crippen molar-refractivity contribution in [1.29, 1.82) is 5.26 Å². The van der Waals surface area contributed by atoms with E-state index in [1.54, 1.807) is 18.2 Å². The number of amidine groups is 1. The van der Waals surface area contributed by atoms with Crippen molar-refractivity contribution in [2.75, 3.05) is 0 Å². The van der Waals surface area contributed by atoms with Gasteiger partial charge >= 0.3 is 5.97 Å². The third-order valence-electron chi connectivity index (χ3n) is 2.55. The minimum absolute atomic E-state index is 0.186. The molecule has 1 unspecified atom stereocenters. The van der Waals surface area contributed by atoms with Crippen LogP contribution in [0.4, 0.5) is 0 Å². The fourth-order valence-corrected chi connectivity index (χ4v) is 1.77. The van der Waals surface area contributed by atoms with Crippen LogP contribution in [0.3, 0.4) is 0 Å². The van der Waals surface area contributed by atoms with E-state index < -0.39 is 12.0 Å². The van der Waals surface area contributed by atoms with Crippen LogP contribution in [0.2, 0.25) is 0 Å². The third-order valence-corrected chi connectivity index (χ3v) is 2.55. The predicted octanol–water partition coefficient (Wildman–Crippen LogP) is 0.273. The van der Waals surface area contributed by atoms with Crippen LogP contribution in [0.1, 0.15) is 16.7 Å². The van der Waals surface area contributed by atoms with Gasteiger partial charge in [0.25, 0.3) is 0 Å². The maximum atomic E-state index is 10.9. The summed E-state index contributed by atoms with van der Waals surface area (Å²) in [7, 11) is 0. The van der Waals surface area contributed by atoms with Gasteiger partial charge in [-0.25, -0.2) is 4.79 Å². The van der Waals surface area contributed by atoms with Crippen LogP contribution in [0.25, 0.3) is 0 Å². The molecule has 0 saturated heterocycles. The standard InChI is InChI=1S/C11H9N3O2/c12-5-6-2-1-3-7-8(6)4-9(11(15)16)14-10(7)13/h1-3,9H,4H2,(H2,13,14)(H,15,16). The fraction of sp³-hybridized carbons (Fsp3) is 0.182. The molecule has 2 rings (SSSR count). The summed E-state index contributed by atoms with van der Waals surface area (Å²) in [5, 5.41) is 17.8. The van der Waals surface area contributed by atoms with Gasteiger partial charge in [0.2, 0.25) is 0 Å². The van der Waals surface area contributed by atoms with Crippen molar-refractivity contribution in [2.45, 2.75) is 12.5 Å². The summed E-state index contributed by atoms with van der Waals surface area (Å²) in [5.41, 5.74) is 7.47. The highest BCUT2D eigenvalue weighted by atomic mass is 16.4. The number of carboxylic acid groups (broad SMARTS) is 1. The SMILES string of the molecule is N#Cc1cccc2c1CC(C(=O)O)N=C2N. The van der Waals surface area contributed by atoms with E-state index >= 15 is 0 Å². The van der Waals surface area contributed by atoms with Gasteiger partial charge in [0.05, 0.1) is 11.6 Å². The minimum atomic E-state index is -1.03. The number of nitrogens with two attached hydrogens (primary N) is 1. The summed E-state index contributed by atoms with van der Waals surface area (Å²) in [4.78, 5) is 14.7. The summed E-state index contributed by atoms with van der Waals surface area (Å²) in [6, 6.07) is 6.25. The van der Waals surface area contributed by atoms with E-state index in [2.05, 4.69) is 4.99 Å². The van der Waals surface area contributed by atoms with Crippen molar-refractivity contribution in [1.82, 2.24) is 0 Å². The highest BCUT2D eigenvalue weighted by Crippen LogP contribution is 2.21. The molecule has 80 valence electrons. The summed E-state index contributed by atoms with van der Waals surface area (Å²) < 4.78 is 0. The lowest BCUT2D eigenvalue weighted by Gasteiger charge is -2.19. The van der Waals surface area contributed by atoms with E-state index in [4.69, 9.17) is 16.1 Å². The summed E-state index contributed by atoms with van der Waals surface area (Å²) in [6.07, 6.45) is 0.217. The number of nitriles is 1. The zero-order valence-electron chi connectivity index (χ0n) is 8.34. The Morgan fingerprint density at radius 2 is 2.38 bits per heavy atom. The number of hydrogen-bond acceptors (Lipinski definition) is 4. The molecule has 1 aliphatic rings. The number of carboxylic acids is 1. The van der Waals surface area contributed by atoms with Gasteiger partial charge in [-0.05, 0) is 11.6 Å². The molecule has 3 N–H and O–H groups in total. The lowest BCUT2D eigenvalue weighted by atomic mass is 9.92. The Balaban J connectivity index is 2.57. The predicted molar refractivity (Wildman–Crippen MR) is 57.0 cm³/mol. The Hall–Kier alpha value is -2.35. The van der Waals surface area contributed by atoms with Gasteiger partial charge in [0, 0.05) is 12.0 Å². The first kappa shape index (κ1) is 10.2. The lowest BCUT2D eigenvalue weighted by Crippen LogP contribution is -2.32. The number of fused-ring (bicyclic) bond motifs is 1. The maximum Gasteiger partial charge on any atom is 0.328 e. The Bertz CT molecular complexity index is 529. The Morgan fingerprint density at radius 3 is 3.00 bits per heavy atom. The molecule has 5 nitrogen and oxygen atoms in total. The second-order valence-corrected chi connectivity index (χ2v) is 3.52. The van der Waals surface area contributed by atoms with Crippen LogP contribution < -0.4 is 5.73 Å². The molecule has 0 bridgehead atoms. The molecule has 0 spiro atoms. The van der Waals surface area contributed by atoms with Gasteiger partial charge in [-0.1, -0.05) is 12.1 Å². The zero-order valence-corrected chi connectivity index (χ0v) is 8.34. The number of benzene rings is 1. The largest absolute Gasteiger partial charge is 0.480 e. The number of aliphatic imine (C=N–C) groups is 1. The molecule has 0 aromatic heterocycles. The number of hydrogen-bond donors (Lipinski definition) is 2. The highest BCUT2D eigenvalue weighted by molar-refractivity contribution is 6.02. The Kier molecular flexibility index (Phi) is 2.33. The number of rotatable bonds is 1. The molecular formula is C11H9N3O2. The molecule has 1 heterocycles. The average Bonchev–Trinajstić information content (AvgIpc) is 2.28. The first-order valence-electron chi connectivity index (χ1n) is 4.72. The van der Waals surface area contributed by atoms with Gasteiger partial charge in [-0.15, -0.1) is 0 Å². The van der Waals surface area contributed by atoms with Crippen molar-refractivity contribution in [3.63, 3.8) is 0 Å². The topological polar surface area (TPSA) is 99.5 Å². The van der Waals surface area contributed by atoms with E-state index in [1.165, 1.54) is 0 Å². The first-order valence-corrected chi connectivity index (χ1v) is 4.72. The molecule has 0 amide bonds. The number of aliphatic carboxylic acids is 1. The molecule has 1 atom stereocenters. The third kappa shape index (κ3) is 1.50. The molecule has 1 aromatic rings. The molecule has 16 heavy (non-hydrogen) atoms. The summed E-state index contributed by atoms with van der Waals surface area (Å²) in [6.45, 7) is 0. The van der Waals surface area contributed by atoms with Crippen molar-refractivity contribution < 1.29 is 9.90 Å². The Morgan fingerprint density at radius 1 is 1.62 bits per heavy atom. The molecule has 0 fully saturated rings. The second-order valence-electron chi connectivity index (χ2n) is 3.52. The van der Waals surface area contributed by atoms with Crippen LogP contribution in [-0.2, 0) is 11.2 Å². The van der Waals surface area contributed by atoms with E-state index in [9.17, 15) is 4.79 Å². The van der Waals surface area contributed by atoms with Gasteiger partial charge < -0.3 is 10.8 Å². The van der Waals surface area contributed by atoms with E-state index in [1.807, 2.05) is 6.07 Å². The van der Waals surface area contributed by atoms with Crippen molar-refractivity contribution >= 4 is 11.8 Å². The molecule has 1 aliphatic heterocycles. The van der Waals surface area contributed by atoms with E-state index in [0.29, 0.717) is 16.7 Å². The Labute approximate surface area is 91.8 Å². The number of carbonyl (C=O) groups is 1. The summed E-state index contributed by atoms with van der Waals surface area (Å²) in [5.74, 6) is -0.841. The van der Waals surface area contributed by atoms with Gasteiger partial charge in [0.1, 0.15) is 5.84 Å². The first-order chi connectivity index (χ1) is 7.63. The zero-order chi connectivity index (χ0) is 11.7. The number of nitrogens with zero attached hydrogens (tertiary/aromatic N) is 2. The fourth-order valence-electron chi connectivity index (χ4n) is 1.77. The lowest BCUT2D eigenvalue weighted by molar-refractivity contribution is -0.138. The average molecular weight is 215 g/mol. The van der Waals surface area contributed by atoms with Crippen LogP contribution in [0.15, 0.2) is 23.2 Å². The maximum absolute atomic E-state index is 10.9. The molecular weight excluding hydrogens is 206 g/mol. The van der Waals surface area contributed by atoms with Crippen LogP contribution in [-0.4, -0.2) is 23.0 Å². The van der Waals surface area contributed by atoms with Crippen molar-refractivity contribution in [3.8, 4) is 6.07 Å². The van der Waals surface area contributed by atoms with E-state index in [0.717, 1.165) is 0 Å². The van der Waals surface area contributed by atoms with Gasteiger partial charge in [0.15, 0.2) is 6.04 Å². The van der Waals surface area contributed by atoms with E-state index in [-0.39, 0.29) is 12.3 Å². The van der Waals surface area contributed by atoms with Gasteiger partial charge in [-0.3, -0.25) is 4.99 Å². The minimum Gasteiger partial charge on any atom is -0.480 e. The normalized spacial score (nSPS) is 18.2. The molecule has 1 aromatic carbocycles. The van der Waals surface area contributed by atoms with Crippen molar-refractivity contribution in [2.24, 2.45) is 10.7 Å². The molecule has 0 radical (unpaired) electrons. The molecule has 0 aliphatic carbocycles. The monoisotopic (exact) mass is 215 g/mol. The van der Waals surface area contributed by atoms with Crippen LogP contribution >= 0.6 is 0 Å². The summed E-state index contributed by atoms with van der Waals surface area (Å²) >= 11 is 0. The highest BCUT2D eigenvalue weighted by Gasteiger charge is 2.26. The molecule has 0 saturated carbocycles. The van der Waals surface area contributed by atoms with Crippen LogP contribution in [0, 0.1) is 11.3 Å². The van der Waals surface area contributed by atoms with Crippen LogP contribution in [0.5, 0.6) is 0 Å². The van der Waals surface area contributed by atoms with Gasteiger partial charge in [-0.2, -0.15) is 5.26 Å². The second kappa shape index (κ2) is 3.66. The smallest absolute Gasteiger partial charge is 0.328 e. The van der Waals surface area contributed by atoms with Crippen molar-refractivity contribution in [3.05, 3.63) is 34.9 Å². The molecule has 5 heteroatoms.